The molecule has 0 aromatic carbocycles. The standard InChI is InChI=1S/C21H28N4O12/c1-11(26)32-10-15-17(33-12(2)27)18(34-13(3)28)19(35-14(4)29)20(36-15)21(30)22-16-9-25(23-37-16)24-5-7-31-8-6-24/h9,15,17-20H,5-8,10H2,1-4H3/t15-,17-,18+,19-,20-/m1/s1. The summed E-state index contributed by atoms with van der Waals surface area (Å²) in [6, 6.07) is 0. The van der Waals surface area contributed by atoms with Crippen LogP contribution >= 0.6 is 0 Å². The van der Waals surface area contributed by atoms with Gasteiger partial charge in [0.05, 0.1) is 37.0 Å². The molecule has 0 aliphatic carbocycles. The molecule has 0 N–H and O–H groups in total. The zero-order valence-corrected chi connectivity index (χ0v) is 20.7. The van der Waals surface area contributed by atoms with Gasteiger partial charge in [0, 0.05) is 27.7 Å². The molecule has 3 rings (SSSR count). The predicted octanol–water partition coefficient (Wildman–Crippen LogP) is -1.41. The van der Waals surface area contributed by atoms with Gasteiger partial charge in [0.1, 0.15) is 24.7 Å². The van der Waals surface area contributed by atoms with Crippen molar-refractivity contribution in [1.82, 2.24) is 5.27 Å². The van der Waals surface area contributed by atoms with Gasteiger partial charge in [-0.3, -0.25) is 19.2 Å². The number of morpholine rings is 1. The average molecular weight is 528 g/mol. The number of ether oxygens (including phenoxy) is 6. The van der Waals surface area contributed by atoms with Gasteiger partial charge < -0.3 is 43.1 Å². The Kier molecular flexibility index (Phi) is 9.35. The quantitative estimate of drug-likeness (QED) is 0.217. The summed E-state index contributed by atoms with van der Waals surface area (Å²) in [7, 11) is 0. The number of hydrogen-bond acceptors (Lipinski definition) is 14. The number of rotatable bonds is 8. The summed E-state index contributed by atoms with van der Waals surface area (Å²) in [5, 5.41) is 9.49. The van der Waals surface area contributed by atoms with Gasteiger partial charge in [-0.15, -0.1) is 5.01 Å². The lowest BCUT2D eigenvalue weighted by Gasteiger charge is -2.45. The van der Waals surface area contributed by atoms with Crippen LogP contribution in [0.5, 0.6) is 0 Å². The fourth-order valence-corrected chi connectivity index (χ4v) is 3.77. The zero-order valence-electron chi connectivity index (χ0n) is 20.7. The zero-order chi connectivity index (χ0) is 27.1. The van der Waals surface area contributed by atoms with E-state index in [1.54, 1.807) is 5.01 Å². The van der Waals surface area contributed by atoms with Crippen LogP contribution in [0.2, 0.25) is 0 Å². The Hall–Kier alpha value is -3.79. The molecule has 16 heteroatoms. The molecule has 0 spiro atoms. The summed E-state index contributed by atoms with van der Waals surface area (Å²) in [4.78, 5) is 61.6. The number of hydrogen-bond donors (Lipinski definition) is 0. The van der Waals surface area contributed by atoms with Crippen LogP contribution < -0.4 is 9.80 Å². The third kappa shape index (κ3) is 7.60. The molecule has 1 aromatic rings. The third-order valence-electron chi connectivity index (χ3n) is 5.18. The van der Waals surface area contributed by atoms with E-state index in [-0.39, 0.29) is 5.88 Å². The van der Waals surface area contributed by atoms with E-state index in [4.69, 9.17) is 32.9 Å². The highest BCUT2D eigenvalue weighted by Crippen LogP contribution is 2.32. The molecule has 1 aromatic heterocycles. The molecule has 204 valence electrons. The highest BCUT2D eigenvalue weighted by molar-refractivity contribution is 5.99. The lowest BCUT2D eigenvalue weighted by molar-refractivity contribution is -0.759. The number of amides is 1. The van der Waals surface area contributed by atoms with Crippen molar-refractivity contribution in [2.24, 2.45) is 0 Å². The summed E-state index contributed by atoms with van der Waals surface area (Å²) in [5.41, 5.74) is 0. The lowest BCUT2D eigenvalue weighted by Crippen LogP contribution is -2.64. The number of carbonyl (C=O) groups is 5. The second-order valence-corrected chi connectivity index (χ2v) is 8.10. The predicted molar refractivity (Wildman–Crippen MR) is 115 cm³/mol. The summed E-state index contributed by atoms with van der Waals surface area (Å²) in [6.07, 6.45) is -6.01. The summed E-state index contributed by atoms with van der Waals surface area (Å²) >= 11 is 0. The van der Waals surface area contributed by atoms with Gasteiger partial charge in [-0.05, 0) is 0 Å². The lowest BCUT2D eigenvalue weighted by atomic mass is 9.93. The molecule has 0 radical (unpaired) electrons. The van der Waals surface area contributed by atoms with E-state index < -0.39 is 66.9 Å². The van der Waals surface area contributed by atoms with Gasteiger partial charge in [-0.1, -0.05) is 0 Å². The van der Waals surface area contributed by atoms with Gasteiger partial charge in [0.25, 0.3) is 6.20 Å². The SMILES string of the molecule is CC(=O)OC[C@H]1O[C@@H](C(=O)[N-]c2c[n+](N3CCOCC3)no2)[C@H](OC(C)=O)[C@@H](OC(C)=O)[C@@H]1OC(C)=O. The maximum Gasteiger partial charge on any atom is 0.303 e. The molecule has 2 aliphatic heterocycles. The fourth-order valence-electron chi connectivity index (χ4n) is 3.77. The highest BCUT2D eigenvalue weighted by atomic mass is 16.7. The van der Waals surface area contributed by atoms with Gasteiger partial charge in [0.15, 0.2) is 18.3 Å². The number of nitrogens with zero attached hydrogens (tertiary/aromatic N) is 4. The Labute approximate surface area is 210 Å². The normalized spacial score (nSPS) is 25.5. The first-order chi connectivity index (χ1) is 17.5. The topological polar surface area (TPSA) is 188 Å². The average Bonchev–Trinajstić information content (AvgIpc) is 3.28. The molecule has 1 amide bonds. The summed E-state index contributed by atoms with van der Waals surface area (Å²) in [6.45, 7) is 5.93. The molecule has 2 saturated heterocycles. The van der Waals surface area contributed by atoms with E-state index in [2.05, 4.69) is 10.6 Å². The van der Waals surface area contributed by atoms with Crippen LogP contribution in [0.25, 0.3) is 5.32 Å². The molecule has 16 nitrogen and oxygen atoms in total. The molecular formula is C21H28N4O12. The van der Waals surface area contributed by atoms with E-state index in [1.165, 1.54) is 11.0 Å². The van der Waals surface area contributed by atoms with Crippen molar-refractivity contribution in [1.29, 1.82) is 0 Å². The van der Waals surface area contributed by atoms with E-state index in [0.29, 0.717) is 26.3 Å². The maximum absolute atomic E-state index is 13.2. The van der Waals surface area contributed by atoms with Crippen LogP contribution in [0.15, 0.2) is 10.7 Å². The minimum absolute atomic E-state index is 0.190. The number of esters is 4. The van der Waals surface area contributed by atoms with Crippen LogP contribution in [0, 0.1) is 0 Å². The van der Waals surface area contributed by atoms with Crippen molar-refractivity contribution in [2.45, 2.75) is 58.2 Å². The maximum atomic E-state index is 13.2. The smallest absolute Gasteiger partial charge is 0.303 e. The van der Waals surface area contributed by atoms with Crippen molar-refractivity contribution in [3.63, 3.8) is 0 Å². The molecule has 0 bridgehead atoms. The van der Waals surface area contributed by atoms with Crippen LogP contribution in [0.1, 0.15) is 27.7 Å². The van der Waals surface area contributed by atoms with Crippen LogP contribution in [-0.4, -0.2) is 98.5 Å². The largest absolute Gasteiger partial charge is 0.586 e. The fraction of sp³-hybridized carbons (Fsp3) is 0.667. The van der Waals surface area contributed by atoms with Crippen molar-refractivity contribution in [3.05, 3.63) is 11.5 Å². The van der Waals surface area contributed by atoms with Crippen LogP contribution in [-0.2, 0) is 52.4 Å². The van der Waals surface area contributed by atoms with E-state index >= 15 is 0 Å². The Balaban J connectivity index is 1.88. The monoisotopic (exact) mass is 528 g/mol. The summed E-state index contributed by atoms with van der Waals surface area (Å²) < 4.78 is 37.0. The second-order valence-electron chi connectivity index (χ2n) is 8.10. The first kappa shape index (κ1) is 27.8. The minimum Gasteiger partial charge on any atom is -0.586 e. The molecular weight excluding hydrogens is 500 g/mol. The second kappa shape index (κ2) is 12.4. The van der Waals surface area contributed by atoms with Crippen molar-refractivity contribution < 1.29 is 61.7 Å². The van der Waals surface area contributed by atoms with Crippen LogP contribution in [0.3, 0.4) is 0 Å². The third-order valence-corrected chi connectivity index (χ3v) is 5.18. The molecule has 0 unspecified atom stereocenters. The van der Waals surface area contributed by atoms with E-state index in [9.17, 15) is 24.0 Å². The molecule has 3 heterocycles. The number of aromatic nitrogens is 2. The molecule has 2 aliphatic rings. The van der Waals surface area contributed by atoms with Gasteiger partial charge in [-0.2, -0.15) is 0 Å². The Morgan fingerprint density at radius 3 is 2.14 bits per heavy atom. The van der Waals surface area contributed by atoms with E-state index in [1.807, 2.05) is 0 Å². The van der Waals surface area contributed by atoms with Gasteiger partial charge in [0.2, 0.25) is 5.27 Å². The molecule has 2 fully saturated rings. The van der Waals surface area contributed by atoms with Gasteiger partial charge >= 0.3 is 23.9 Å². The molecule has 0 saturated carbocycles. The first-order valence-corrected chi connectivity index (χ1v) is 11.3. The van der Waals surface area contributed by atoms with Crippen LogP contribution in [0.4, 0.5) is 5.88 Å². The highest BCUT2D eigenvalue weighted by Gasteiger charge is 2.53. The van der Waals surface area contributed by atoms with E-state index in [0.717, 1.165) is 27.7 Å². The molecule has 5 atom stereocenters. The van der Waals surface area contributed by atoms with Crippen molar-refractivity contribution in [2.75, 3.05) is 37.9 Å². The Bertz CT molecular complexity index is 1010. The first-order valence-electron chi connectivity index (χ1n) is 11.3. The number of carbonyl (C=O) groups excluding carboxylic acids is 5. The van der Waals surface area contributed by atoms with Crippen molar-refractivity contribution >= 4 is 35.7 Å². The van der Waals surface area contributed by atoms with Gasteiger partial charge in [-0.25, -0.2) is 0 Å². The summed E-state index contributed by atoms with van der Waals surface area (Å²) in [5.74, 6) is -4.31. The Morgan fingerprint density at radius 1 is 0.946 bits per heavy atom. The van der Waals surface area contributed by atoms with Crippen molar-refractivity contribution in [3.8, 4) is 0 Å². The minimum atomic E-state index is -1.65. The molecule has 37 heavy (non-hydrogen) atoms. The Morgan fingerprint density at radius 2 is 1.54 bits per heavy atom.